The molecule has 0 spiro atoms. The van der Waals surface area contributed by atoms with E-state index >= 15 is 0 Å². The Kier molecular flexibility index (Phi) is 3.66. The average molecular weight is 208 g/mol. The Hall–Kier alpha value is -1.58. The second-order valence-corrected chi connectivity index (χ2v) is 4.02. The molecule has 0 fully saturated rings. The van der Waals surface area contributed by atoms with Gasteiger partial charge >= 0.3 is 0 Å². The summed E-state index contributed by atoms with van der Waals surface area (Å²) in [5, 5.41) is 0. The van der Waals surface area contributed by atoms with Crippen LogP contribution in [0.2, 0.25) is 0 Å². The summed E-state index contributed by atoms with van der Waals surface area (Å²) in [5.41, 5.74) is 0.181. The highest BCUT2D eigenvalue weighted by Crippen LogP contribution is 2.02. The van der Waals surface area contributed by atoms with Crippen molar-refractivity contribution in [2.45, 2.75) is 13.8 Å². The van der Waals surface area contributed by atoms with Crippen molar-refractivity contribution in [1.82, 2.24) is 9.88 Å². The number of nitrogens with zero attached hydrogens (tertiary/aromatic N) is 1. The van der Waals surface area contributed by atoms with Crippen LogP contribution in [0.4, 0.5) is 0 Å². The second-order valence-electron chi connectivity index (χ2n) is 4.02. The number of carbonyl (C=O) groups is 1. The largest absolute Gasteiger partial charge is 0.341 e. The molecule has 0 aliphatic heterocycles. The van der Waals surface area contributed by atoms with Gasteiger partial charge in [0.25, 0.3) is 5.91 Å². The molecular weight excluding hydrogens is 192 g/mol. The summed E-state index contributed by atoms with van der Waals surface area (Å²) in [6, 6.07) is 2.93. The van der Waals surface area contributed by atoms with E-state index in [0.717, 1.165) is 0 Å². The summed E-state index contributed by atoms with van der Waals surface area (Å²) in [7, 11) is 1.74. The van der Waals surface area contributed by atoms with Crippen LogP contribution in [0.1, 0.15) is 24.2 Å². The molecule has 1 aromatic heterocycles. The van der Waals surface area contributed by atoms with Gasteiger partial charge in [0, 0.05) is 31.4 Å². The lowest BCUT2D eigenvalue weighted by atomic mass is 10.2. The van der Waals surface area contributed by atoms with Crippen molar-refractivity contribution in [1.29, 1.82) is 0 Å². The molecule has 82 valence electrons. The number of amides is 1. The Bertz CT molecular complexity index is 396. The highest BCUT2D eigenvalue weighted by Gasteiger charge is 2.12. The van der Waals surface area contributed by atoms with Crippen molar-refractivity contribution in [2.24, 2.45) is 5.92 Å². The van der Waals surface area contributed by atoms with E-state index in [1.807, 2.05) is 13.8 Å². The van der Waals surface area contributed by atoms with Crippen molar-refractivity contribution < 1.29 is 4.79 Å². The molecule has 0 aliphatic carbocycles. The third kappa shape index (κ3) is 3.23. The van der Waals surface area contributed by atoms with Crippen LogP contribution >= 0.6 is 0 Å². The molecule has 0 atom stereocenters. The molecule has 1 amide bonds. The lowest BCUT2D eigenvalue weighted by molar-refractivity contribution is 0.0779. The van der Waals surface area contributed by atoms with E-state index in [2.05, 4.69) is 4.98 Å². The number of aromatic amines is 1. The van der Waals surface area contributed by atoms with Crippen LogP contribution in [0.3, 0.4) is 0 Å². The normalized spacial score (nSPS) is 10.4. The zero-order valence-electron chi connectivity index (χ0n) is 9.28. The van der Waals surface area contributed by atoms with Crippen LogP contribution in [0, 0.1) is 5.92 Å². The van der Waals surface area contributed by atoms with Gasteiger partial charge in [-0.3, -0.25) is 9.59 Å². The van der Waals surface area contributed by atoms with Gasteiger partial charge in [-0.1, -0.05) is 13.8 Å². The highest BCUT2D eigenvalue weighted by molar-refractivity contribution is 5.93. The molecule has 0 aromatic carbocycles. The van der Waals surface area contributed by atoms with E-state index in [4.69, 9.17) is 0 Å². The second kappa shape index (κ2) is 4.77. The predicted molar refractivity (Wildman–Crippen MR) is 58.9 cm³/mol. The molecule has 0 saturated heterocycles. The topological polar surface area (TPSA) is 53.2 Å². The van der Waals surface area contributed by atoms with Gasteiger partial charge in [0.1, 0.15) is 0 Å². The van der Waals surface area contributed by atoms with Gasteiger partial charge in [0.05, 0.1) is 0 Å². The minimum absolute atomic E-state index is 0.116. The number of nitrogens with one attached hydrogen (secondary N) is 1. The molecule has 1 N–H and O–H groups in total. The number of pyridine rings is 1. The fourth-order valence-corrected chi connectivity index (χ4v) is 1.43. The molecule has 0 saturated carbocycles. The molecule has 4 nitrogen and oxygen atoms in total. The Morgan fingerprint density at radius 1 is 1.53 bits per heavy atom. The van der Waals surface area contributed by atoms with Gasteiger partial charge < -0.3 is 9.88 Å². The smallest absolute Gasteiger partial charge is 0.253 e. The van der Waals surface area contributed by atoms with Crippen molar-refractivity contribution in [3.63, 3.8) is 0 Å². The molecule has 1 heterocycles. The minimum Gasteiger partial charge on any atom is -0.341 e. The number of carbonyl (C=O) groups excluding carboxylic acids is 1. The Morgan fingerprint density at radius 2 is 2.20 bits per heavy atom. The molecule has 0 bridgehead atoms. The third-order valence-electron chi connectivity index (χ3n) is 2.01. The zero-order chi connectivity index (χ0) is 11.4. The van der Waals surface area contributed by atoms with Gasteiger partial charge in [0.2, 0.25) is 5.56 Å². The first-order chi connectivity index (χ1) is 7.00. The number of hydrogen-bond acceptors (Lipinski definition) is 2. The SMILES string of the molecule is CC(C)CN(C)C(=O)c1cc[nH]c(=O)c1. The van der Waals surface area contributed by atoms with Gasteiger partial charge in [-0.05, 0) is 12.0 Å². The fourth-order valence-electron chi connectivity index (χ4n) is 1.43. The number of aromatic nitrogens is 1. The van der Waals surface area contributed by atoms with Crippen LogP contribution in [0.25, 0.3) is 0 Å². The maximum Gasteiger partial charge on any atom is 0.253 e. The van der Waals surface area contributed by atoms with Crippen LogP contribution in [-0.2, 0) is 0 Å². The molecule has 0 radical (unpaired) electrons. The molecule has 1 rings (SSSR count). The predicted octanol–water partition coefficient (Wildman–Crippen LogP) is 1.10. The summed E-state index contributed by atoms with van der Waals surface area (Å²) in [6.07, 6.45) is 1.48. The van der Waals surface area contributed by atoms with Crippen molar-refractivity contribution in [2.75, 3.05) is 13.6 Å². The van der Waals surface area contributed by atoms with E-state index in [9.17, 15) is 9.59 Å². The summed E-state index contributed by atoms with van der Waals surface area (Å²) in [6.45, 7) is 4.77. The van der Waals surface area contributed by atoms with Crippen molar-refractivity contribution in [3.8, 4) is 0 Å². The molecule has 0 unspecified atom stereocenters. The Morgan fingerprint density at radius 3 is 2.73 bits per heavy atom. The maximum absolute atomic E-state index is 11.8. The summed E-state index contributed by atoms with van der Waals surface area (Å²) in [4.78, 5) is 26.9. The monoisotopic (exact) mass is 208 g/mol. The van der Waals surface area contributed by atoms with Gasteiger partial charge in [-0.15, -0.1) is 0 Å². The number of hydrogen-bond donors (Lipinski definition) is 1. The fraction of sp³-hybridized carbons (Fsp3) is 0.455. The molecule has 4 heteroatoms. The van der Waals surface area contributed by atoms with Gasteiger partial charge in [0.15, 0.2) is 0 Å². The first-order valence-electron chi connectivity index (χ1n) is 4.95. The minimum atomic E-state index is -0.251. The first kappa shape index (κ1) is 11.5. The van der Waals surface area contributed by atoms with Crippen LogP contribution in [0.15, 0.2) is 23.1 Å². The van der Waals surface area contributed by atoms with Crippen molar-refractivity contribution >= 4 is 5.91 Å². The Labute approximate surface area is 88.9 Å². The van der Waals surface area contributed by atoms with Gasteiger partial charge in [-0.25, -0.2) is 0 Å². The van der Waals surface area contributed by atoms with Crippen LogP contribution in [0.5, 0.6) is 0 Å². The van der Waals surface area contributed by atoms with E-state index in [0.29, 0.717) is 18.0 Å². The van der Waals surface area contributed by atoms with Crippen molar-refractivity contribution in [3.05, 3.63) is 34.2 Å². The number of H-pyrrole nitrogens is 1. The molecule has 15 heavy (non-hydrogen) atoms. The zero-order valence-corrected chi connectivity index (χ0v) is 9.28. The summed E-state index contributed by atoms with van der Waals surface area (Å²) >= 11 is 0. The number of rotatable bonds is 3. The Balaban J connectivity index is 2.80. The molecule has 0 aliphatic rings. The van der Waals surface area contributed by atoms with E-state index < -0.39 is 0 Å². The summed E-state index contributed by atoms with van der Waals surface area (Å²) < 4.78 is 0. The maximum atomic E-state index is 11.8. The van der Waals surface area contributed by atoms with E-state index in [-0.39, 0.29) is 11.5 Å². The highest BCUT2D eigenvalue weighted by atomic mass is 16.2. The summed E-state index contributed by atoms with van der Waals surface area (Å²) in [5.74, 6) is 0.302. The third-order valence-corrected chi connectivity index (χ3v) is 2.01. The standard InChI is InChI=1S/C11H16N2O2/c1-8(2)7-13(3)11(15)9-4-5-12-10(14)6-9/h4-6,8H,7H2,1-3H3,(H,12,14). The quantitative estimate of drug-likeness (QED) is 0.808. The van der Waals surface area contributed by atoms with Crippen LogP contribution in [-0.4, -0.2) is 29.4 Å². The lowest BCUT2D eigenvalue weighted by Crippen LogP contribution is -2.30. The lowest BCUT2D eigenvalue weighted by Gasteiger charge is -2.19. The molecule has 1 aromatic rings. The first-order valence-corrected chi connectivity index (χ1v) is 4.95. The average Bonchev–Trinajstić information content (AvgIpc) is 2.15. The van der Waals surface area contributed by atoms with E-state index in [1.165, 1.54) is 12.3 Å². The van der Waals surface area contributed by atoms with Gasteiger partial charge in [-0.2, -0.15) is 0 Å². The van der Waals surface area contributed by atoms with E-state index in [1.54, 1.807) is 18.0 Å². The molecular formula is C11H16N2O2. The van der Waals surface area contributed by atoms with Crippen LogP contribution < -0.4 is 5.56 Å².